The van der Waals surface area contributed by atoms with E-state index >= 15 is 0 Å². The van der Waals surface area contributed by atoms with Crippen LogP contribution in [0.5, 0.6) is 0 Å². The normalized spacial score (nSPS) is 9.50. The lowest BCUT2D eigenvalue weighted by Crippen LogP contribution is -2.07. The molecule has 4 nitrogen and oxygen atoms in total. The van der Waals surface area contributed by atoms with Crippen LogP contribution in [0.3, 0.4) is 0 Å². The van der Waals surface area contributed by atoms with Crippen molar-refractivity contribution >= 4 is 5.97 Å². The Balaban J connectivity index is 3.49. The molecule has 0 amide bonds. The van der Waals surface area contributed by atoms with Gasteiger partial charge in [0, 0.05) is 11.9 Å². The first-order valence-corrected chi connectivity index (χ1v) is 4.23. The van der Waals surface area contributed by atoms with E-state index in [1.54, 1.807) is 6.92 Å². The molecule has 0 aliphatic rings. The average molecular weight is 190 g/mol. The van der Waals surface area contributed by atoms with Crippen LogP contribution >= 0.6 is 0 Å². The minimum atomic E-state index is -1.07. The van der Waals surface area contributed by atoms with Crippen LogP contribution in [0, 0.1) is 18.3 Å². The van der Waals surface area contributed by atoms with Crippen LogP contribution in [-0.2, 0) is 6.42 Å². The molecule has 0 fully saturated rings. The molecule has 0 radical (unpaired) electrons. The Morgan fingerprint density at radius 2 is 2.36 bits per heavy atom. The van der Waals surface area contributed by atoms with E-state index in [-0.39, 0.29) is 11.1 Å². The summed E-state index contributed by atoms with van der Waals surface area (Å²) in [5, 5.41) is 17.6. The Morgan fingerprint density at radius 1 is 1.71 bits per heavy atom. The van der Waals surface area contributed by atoms with Gasteiger partial charge in [0.1, 0.15) is 6.07 Å². The summed E-state index contributed by atoms with van der Waals surface area (Å²) in [5.41, 5.74) is 1.49. The van der Waals surface area contributed by atoms with Gasteiger partial charge < -0.3 is 5.11 Å². The number of aromatic carboxylic acids is 1. The Morgan fingerprint density at radius 3 is 2.79 bits per heavy atom. The first-order valence-electron chi connectivity index (χ1n) is 4.23. The van der Waals surface area contributed by atoms with Crippen molar-refractivity contribution in [3.63, 3.8) is 0 Å². The molecule has 0 atom stereocenters. The van der Waals surface area contributed by atoms with Gasteiger partial charge in [0.2, 0.25) is 0 Å². The first-order chi connectivity index (χ1) is 6.61. The van der Waals surface area contributed by atoms with E-state index in [2.05, 4.69) is 4.98 Å². The van der Waals surface area contributed by atoms with Crippen LogP contribution < -0.4 is 0 Å². The number of nitrogens with zero attached hydrogens (tertiary/aromatic N) is 2. The number of carboxylic acids is 1. The monoisotopic (exact) mass is 190 g/mol. The fourth-order valence-corrected chi connectivity index (χ4v) is 1.37. The van der Waals surface area contributed by atoms with E-state index in [4.69, 9.17) is 10.4 Å². The number of aromatic nitrogens is 1. The number of hydrogen-bond acceptors (Lipinski definition) is 3. The first kappa shape index (κ1) is 10.2. The molecular weight excluding hydrogens is 180 g/mol. The van der Waals surface area contributed by atoms with Gasteiger partial charge in [-0.3, -0.25) is 4.98 Å². The van der Waals surface area contributed by atoms with E-state index in [0.717, 1.165) is 5.69 Å². The molecule has 1 aromatic heterocycles. The van der Waals surface area contributed by atoms with Crippen molar-refractivity contribution in [3.05, 3.63) is 28.6 Å². The lowest BCUT2D eigenvalue weighted by atomic mass is 10.0. The Kier molecular flexibility index (Phi) is 2.82. The summed E-state index contributed by atoms with van der Waals surface area (Å²) in [6, 6.07) is 1.83. The summed E-state index contributed by atoms with van der Waals surface area (Å²) in [6.45, 7) is 3.57. The van der Waals surface area contributed by atoms with Crippen molar-refractivity contribution in [2.24, 2.45) is 0 Å². The van der Waals surface area contributed by atoms with E-state index in [1.807, 2.05) is 13.0 Å². The maximum absolute atomic E-state index is 10.9. The van der Waals surface area contributed by atoms with E-state index in [9.17, 15) is 4.79 Å². The molecule has 0 bridgehead atoms. The van der Waals surface area contributed by atoms with Crippen LogP contribution in [0.15, 0.2) is 6.20 Å². The molecule has 0 aromatic carbocycles. The number of nitriles is 1. The molecule has 14 heavy (non-hydrogen) atoms. The lowest BCUT2D eigenvalue weighted by Gasteiger charge is -2.06. The zero-order valence-electron chi connectivity index (χ0n) is 8.03. The summed E-state index contributed by atoms with van der Waals surface area (Å²) in [4.78, 5) is 14.9. The van der Waals surface area contributed by atoms with Crippen molar-refractivity contribution < 1.29 is 9.90 Å². The van der Waals surface area contributed by atoms with Crippen molar-refractivity contribution in [2.75, 3.05) is 0 Å². The highest BCUT2D eigenvalue weighted by atomic mass is 16.4. The molecular formula is C10H10N2O2. The molecule has 0 saturated carbocycles. The highest BCUT2D eigenvalue weighted by Gasteiger charge is 2.16. The predicted molar refractivity (Wildman–Crippen MR) is 50.0 cm³/mol. The zero-order valence-corrected chi connectivity index (χ0v) is 8.03. The minimum Gasteiger partial charge on any atom is -0.478 e. The summed E-state index contributed by atoms with van der Waals surface area (Å²) >= 11 is 0. The van der Waals surface area contributed by atoms with Gasteiger partial charge in [-0.05, 0) is 18.9 Å². The van der Waals surface area contributed by atoms with Gasteiger partial charge in [-0.15, -0.1) is 0 Å². The topological polar surface area (TPSA) is 74.0 Å². The van der Waals surface area contributed by atoms with E-state index in [0.29, 0.717) is 12.0 Å². The largest absolute Gasteiger partial charge is 0.478 e. The molecule has 0 spiro atoms. The molecule has 4 heteroatoms. The fourth-order valence-electron chi connectivity index (χ4n) is 1.37. The lowest BCUT2D eigenvalue weighted by molar-refractivity contribution is 0.0695. The molecule has 1 N–H and O–H groups in total. The molecule has 1 rings (SSSR count). The second-order valence-electron chi connectivity index (χ2n) is 2.89. The number of pyridine rings is 1. The highest BCUT2D eigenvalue weighted by Crippen LogP contribution is 2.16. The molecule has 72 valence electrons. The molecule has 0 aliphatic carbocycles. The van der Waals surface area contributed by atoms with Gasteiger partial charge in [0.25, 0.3) is 0 Å². The molecule has 0 unspecified atom stereocenters. The van der Waals surface area contributed by atoms with Gasteiger partial charge in [0.15, 0.2) is 0 Å². The van der Waals surface area contributed by atoms with Gasteiger partial charge in [-0.1, -0.05) is 6.92 Å². The summed E-state index contributed by atoms with van der Waals surface area (Å²) in [6.07, 6.45) is 1.98. The van der Waals surface area contributed by atoms with Crippen LogP contribution in [-0.4, -0.2) is 16.1 Å². The average Bonchev–Trinajstić information content (AvgIpc) is 2.16. The quantitative estimate of drug-likeness (QED) is 0.767. The van der Waals surface area contributed by atoms with Gasteiger partial charge >= 0.3 is 5.97 Å². The minimum absolute atomic E-state index is 0.0688. The van der Waals surface area contributed by atoms with Crippen LogP contribution in [0.25, 0.3) is 0 Å². The Hall–Kier alpha value is -1.89. The van der Waals surface area contributed by atoms with E-state index < -0.39 is 5.97 Å². The predicted octanol–water partition coefficient (Wildman–Crippen LogP) is 1.52. The smallest absolute Gasteiger partial charge is 0.337 e. The van der Waals surface area contributed by atoms with Gasteiger partial charge in [-0.2, -0.15) is 5.26 Å². The Bertz CT molecular complexity index is 419. The second-order valence-corrected chi connectivity index (χ2v) is 2.89. The number of aryl methyl sites for hydroxylation is 1. The van der Waals surface area contributed by atoms with Crippen molar-refractivity contribution in [2.45, 2.75) is 20.3 Å². The number of rotatable bonds is 2. The molecule has 0 saturated heterocycles. The summed E-state index contributed by atoms with van der Waals surface area (Å²) < 4.78 is 0. The maximum atomic E-state index is 10.9. The van der Waals surface area contributed by atoms with Gasteiger partial charge in [0.05, 0.1) is 11.1 Å². The molecule has 1 aromatic rings. The summed E-state index contributed by atoms with van der Waals surface area (Å²) in [5.74, 6) is -1.07. The SMILES string of the molecule is CCc1ncc(C#N)c(C(=O)O)c1C. The zero-order chi connectivity index (χ0) is 10.7. The third-order valence-electron chi connectivity index (χ3n) is 2.10. The second kappa shape index (κ2) is 3.88. The Labute approximate surface area is 81.8 Å². The molecule has 1 heterocycles. The maximum Gasteiger partial charge on any atom is 0.337 e. The van der Waals surface area contributed by atoms with Gasteiger partial charge in [-0.25, -0.2) is 4.79 Å². The van der Waals surface area contributed by atoms with Crippen molar-refractivity contribution in [1.29, 1.82) is 5.26 Å². The third-order valence-corrected chi connectivity index (χ3v) is 2.10. The van der Waals surface area contributed by atoms with Crippen LogP contribution in [0.2, 0.25) is 0 Å². The standard InChI is InChI=1S/C10H10N2O2/c1-3-8-6(2)9(10(13)14)7(4-11)5-12-8/h5H,3H2,1-2H3,(H,13,14). The third kappa shape index (κ3) is 1.57. The van der Waals surface area contributed by atoms with Crippen LogP contribution in [0.4, 0.5) is 0 Å². The summed E-state index contributed by atoms with van der Waals surface area (Å²) in [7, 11) is 0. The van der Waals surface area contributed by atoms with Crippen LogP contribution in [0.1, 0.15) is 34.1 Å². The van der Waals surface area contributed by atoms with E-state index in [1.165, 1.54) is 6.20 Å². The number of carbonyl (C=O) groups is 1. The number of hydrogen-bond donors (Lipinski definition) is 1. The molecule has 0 aliphatic heterocycles. The highest BCUT2D eigenvalue weighted by molar-refractivity contribution is 5.92. The van der Waals surface area contributed by atoms with Crippen molar-refractivity contribution in [3.8, 4) is 6.07 Å². The van der Waals surface area contributed by atoms with Crippen molar-refractivity contribution in [1.82, 2.24) is 4.98 Å². The number of carboxylic acid groups (broad SMARTS) is 1. The fraction of sp³-hybridized carbons (Fsp3) is 0.300.